The first-order valence-electron chi connectivity index (χ1n) is 4.60. The van der Waals surface area contributed by atoms with Gasteiger partial charge >= 0.3 is 0 Å². The second-order valence-corrected chi connectivity index (χ2v) is 3.88. The zero-order valence-corrected chi connectivity index (χ0v) is 8.31. The lowest BCUT2D eigenvalue weighted by molar-refractivity contribution is 0.454. The van der Waals surface area contributed by atoms with Crippen LogP contribution in [0.25, 0.3) is 0 Å². The monoisotopic (exact) mass is 215 g/mol. The maximum absolute atomic E-state index is 13.0. The van der Waals surface area contributed by atoms with Gasteiger partial charge in [0.25, 0.3) is 0 Å². The van der Waals surface area contributed by atoms with Crippen molar-refractivity contribution in [2.75, 3.05) is 6.54 Å². The summed E-state index contributed by atoms with van der Waals surface area (Å²) >= 11 is 5.68. The lowest BCUT2D eigenvalue weighted by atomic mass is 10.0. The van der Waals surface area contributed by atoms with E-state index in [4.69, 9.17) is 11.6 Å². The third-order valence-electron chi connectivity index (χ3n) is 2.49. The fourth-order valence-electron chi connectivity index (χ4n) is 1.80. The zero-order chi connectivity index (χ0) is 10.1. The topological polar surface area (TPSA) is 32.3 Å². The van der Waals surface area contributed by atoms with Crippen LogP contribution in [0.1, 0.15) is 24.4 Å². The minimum absolute atomic E-state index is 0.00698. The van der Waals surface area contributed by atoms with E-state index in [9.17, 15) is 9.50 Å². The number of phenolic OH excluding ortho intramolecular Hbond substituents is 1. The molecule has 2 rings (SSSR count). The van der Waals surface area contributed by atoms with Gasteiger partial charge in [0, 0.05) is 11.6 Å². The summed E-state index contributed by atoms with van der Waals surface area (Å²) in [5.41, 5.74) is 0.563. The summed E-state index contributed by atoms with van der Waals surface area (Å²) in [7, 11) is 0. The molecule has 76 valence electrons. The van der Waals surface area contributed by atoms with Gasteiger partial charge < -0.3 is 10.4 Å². The smallest absolute Gasteiger partial charge is 0.139 e. The van der Waals surface area contributed by atoms with Gasteiger partial charge in [-0.15, -0.1) is 0 Å². The highest BCUT2D eigenvalue weighted by atomic mass is 35.5. The van der Waals surface area contributed by atoms with Crippen molar-refractivity contribution in [3.63, 3.8) is 0 Å². The van der Waals surface area contributed by atoms with Gasteiger partial charge in [0.05, 0.1) is 5.02 Å². The van der Waals surface area contributed by atoms with E-state index in [1.54, 1.807) is 0 Å². The molecule has 1 atom stereocenters. The molecule has 0 spiro atoms. The van der Waals surface area contributed by atoms with Crippen LogP contribution in [0.2, 0.25) is 5.02 Å². The van der Waals surface area contributed by atoms with Crippen molar-refractivity contribution in [1.29, 1.82) is 0 Å². The molecular formula is C10H11ClFNO. The van der Waals surface area contributed by atoms with Crippen LogP contribution >= 0.6 is 11.6 Å². The summed E-state index contributed by atoms with van der Waals surface area (Å²) in [5, 5.41) is 12.9. The molecule has 0 radical (unpaired) electrons. The molecule has 1 heterocycles. The molecule has 0 saturated carbocycles. The van der Waals surface area contributed by atoms with E-state index in [-0.39, 0.29) is 16.8 Å². The molecule has 0 amide bonds. The van der Waals surface area contributed by atoms with E-state index >= 15 is 0 Å². The van der Waals surface area contributed by atoms with Gasteiger partial charge in [-0.25, -0.2) is 4.39 Å². The first-order valence-corrected chi connectivity index (χ1v) is 4.97. The normalized spacial score (nSPS) is 21.4. The molecular weight excluding hydrogens is 205 g/mol. The molecule has 4 heteroatoms. The average Bonchev–Trinajstić information content (AvgIpc) is 2.63. The quantitative estimate of drug-likeness (QED) is 0.755. The molecule has 1 aromatic carbocycles. The number of hydrogen-bond donors (Lipinski definition) is 2. The highest BCUT2D eigenvalue weighted by Crippen LogP contribution is 2.35. The fraction of sp³-hybridized carbons (Fsp3) is 0.400. The predicted molar refractivity (Wildman–Crippen MR) is 53.1 cm³/mol. The van der Waals surface area contributed by atoms with Crippen molar-refractivity contribution in [2.45, 2.75) is 18.9 Å². The molecule has 2 N–H and O–H groups in total. The van der Waals surface area contributed by atoms with Crippen LogP contribution < -0.4 is 5.32 Å². The highest BCUT2D eigenvalue weighted by Gasteiger charge is 2.21. The van der Waals surface area contributed by atoms with Crippen LogP contribution in [-0.4, -0.2) is 11.7 Å². The number of benzene rings is 1. The van der Waals surface area contributed by atoms with Crippen LogP contribution in [-0.2, 0) is 0 Å². The lowest BCUT2D eigenvalue weighted by Gasteiger charge is -2.13. The SMILES string of the molecule is Oc1c(Cl)cc(F)cc1C1CCCN1. The Morgan fingerprint density at radius 1 is 1.50 bits per heavy atom. The van der Waals surface area contributed by atoms with Crippen LogP contribution in [0.4, 0.5) is 4.39 Å². The van der Waals surface area contributed by atoms with Crippen LogP contribution in [0.15, 0.2) is 12.1 Å². The Morgan fingerprint density at radius 3 is 2.93 bits per heavy atom. The highest BCUT2D eigenvalue weighted by molar-refractivity contribution is 6.32. The number of nitrogens with one attached hydrogen (secondary N) is 1. The molecule has 1 saturated heterocycles. The Kier molecular flexibility index (Phi) is 2.61. The summed E-state index contributed by atoms with van der Waals surface area (Å²) in [5.74, 6) is -0.413. The van der Waals surface area contributed by atoms with Crippen molar-refractivity contribution in [3.05, 3.63) is 28.5 Å². The minimum atomic E-state index is -0.406. The molecule has 2 nitrogen and oxygen atoms in total. The van der Waals surface area contributed by atoms with Crippen molar-refractivity contribution in [3.8, 4) is 5.75 Å². The number of halogens is 2. The Labute approximate surface area is 86.7 Å². The Hall–Kier alpha value is -0.800. The molecule has 1 aliphatic heterocycles. The maximum Gasteiger partial charge on any atom is 0.139 e. The predicted octanol–water partition coefficient (Wildman–Crippen LogP) is 2.61. The van der Waals surface area contributed by atoms with E-state index in [0.29, 0.717) is 5.56 Å². The minimum Gasteiger partial charge on any atom is -0.506 e. The van der Waals surface area contributed by atoms with Crippen molar-refractivity contribution < 1.29 is 9.50 Å². The molecule has 1 aliphatic rings. The number of rotatable bonds is 1. The summed E-state index contributed by atoms with van der Waals surface area (Å²) in [4.78, 5) is 0. The Morgan fingerprint density at radius 2 is 2.29 bits per heavy atom. The molecule has 1 unspecified atom stereocenters. The van der Waals surface area contributed by atoms with E-state index in [2.05, 4.69) is 5.32 Å². The summed E-state index contributed by atoms with van der Waals surface area (Å²) < 4.78 is 13.0. The number of phenols is 1. The largest absolute Gasteiger partial charge is 0.506 e. The van der Waals surface area contributed by atoms with E-state index < -0.39 is 5.82 Å². The first kappa shape index (κ1) is 9.74. The fourth-order valence-corrected chi connectivity index (χ4v) is 2.01. The molecule has 0 bridgehead atoms. The van der Waals surface area contributed by atoms with E-state index in [1.807, 2.05) is 0 Å². The molecule has 14 heavy (non-hydrogen) atoms. The van der Waals surface area contributed by atoms with Crippen LogP contribution in [0.3, 0.4) is 0 Å². The van der Waals surface area contributed by atoms with Gasteiger partial charge in [-0.1, -0.05) is 11.6 Å². The molecule has 0 aliphatic carbocycles. The Bertz CT molecular complexity index is 350. The van der Waals surface area contributed by atoms with Gasteiger partial charge in [-0.3, -0.25) is 0 Å². The number of hydrogen-bond acceptors (Lipinski definition) is 2. The van der Waals surface area contributed by atoms with Gasteiger partial charge in [-0.2, -0.15) is 0 Å². The lowest BCUT2D eigenvalue weighted by Crippen LogP contribution is -2.13. The zero-order valence-electron chi connectivity index (χ0n) is 7.56. The molecule has 1 aromatic rings. The van der Waals surface area contributed by atoms with Crippen molar-refractivity contribution in [2.24, 2.45) is 0 Å². The summed E-state index contributed by atoms with van der Waals surface area (Å²) in [6.07, 6.45) is 1.95. The van der Waals surface area contributed by atoms with Crippen LogP contribution in [0.5, 0.6) is 5.75 Å². The average molecular weight is 216 g/mol. The maximum atomic E-state index is 13.0. The Balaban J connectivity index is 2.40. The van der Waals surface area contributed by atoms with Gasteiger partial charge in [-0.05, 0) is 31.5 Å². The second-order valence-electron chi connectivity index (χ2n) is 3.47. The van der Waals surface area contributed by atoms with Crippen LogP contribution in [0, 0.1) is 5.82 Å². The second kappa shape index (κ2) is 3.75. The third-order valence-corrected chi connectivity index (χ3v) is 2.78. The summed E-state index contributed by atoms with van der Waals surface area (Å²) in [6, 6.07) is 2.49. The van der Waals surface area contributed by atoms with Gasteiger partial charge in [0.2, 0.25) is 0 Å². The van der Waals surface area contributed by atoms with Crippen molar-refractivity contribution in [1.82, 2.24) is 5.32 Å². The standard InChI is InChI=1S/C10H11ClFNO/c11-8-5-6(12)4-7(10(8)14)9-2-1-3-13-9/h4-5,9,13-14H,1-3H2. The van der Waals surface area contributed by atoms with Crippen molar-refractivity contribution >= 4 is 11.6 Å². The van der Waals surface area contributed by atoms with Gasteiger partial charge in [0.15, 0.2) is 0 Å². The molecule has 1 fully saturated rings. The summed E-state index contributed by atoms with van der Waals surface area (Å²) in [6.45, 7) is 0.901. The van der Waals surface area contributed by atoms with E-state index in [1.165, 1.54) is 6.07 Å². The third kappa shape index (κ3) is 1.70. The first-order chi connectivity index (χ1) is 6.68. The number of aromatic hydroxyl groups is 1. The van der Waals surface area contributed by atoms with E-state index in [0.717, 1.165) is 25.5 Å². The molecule has 0 aromatic heterocycles. The van der Waals surface area contributed by atoms with Gasteiger partial charge in [0.1, 0.15) is 11.6 Å².